The summed E-state index contributed by atoms with van der Waals surface area (Å²) >= 11 is 0. The van der Waals surface area contributed by atoms with Crippen molar-refractivity contribution in [2.24, 2.45) is 0 Å². The van der Waals surface area contributed by atoms with Gasteiger partial charge in [0.05, 0.1) is 12.7 Å². The summed E-state index contributed by atoms with van der Waals surface area (Å²) in [6, 6.07) is 6.71. The molecular formula is C17H25N3O3. The van der Waals surface area contributed by atoms with Gasteiger partial charge in [-0.2, -0.15) is 0 Å². The van der Waals surface area contributed by atoms with Gasteiger partial charge in [-0.3, -0.25) is 4.79 Å². The lowest BCUT2D eigenvalue weighted by Crippen LogP contribution is -2.46. The van der Waals surface area contributed by atoms with Crippen LogP contribution in [-0.4, -0.2) is 68.1 Å². The summed E-state index contributed by atoms with van der Waals surface area (Å²) in [5.41, 5.74) is 1.16. The molecule has 0 bridgehead atoms. The quantitative estimate of drug-likeness (QED) is 0.804. The van der Waals surface area contributed by atoms with Gasteiger partial charge in [-0.15, -0.1) is 0 Å². The van der Waals surface area contributed by atoms with Crippen LogP contribution in [0.3, 0.4) is 0 Å². The Balaban J connectivity index is 1.73. The molecule has 126 valence electrons. The summed E-state index contributed by atoms with van der Waals surface area (Å²) in [6.07, 6.45) is 0.477. The largest absolute Gasteiger partial charge is 0.465 e. The molecule has 0 unspecified atom stereocenters. The molecule has 6 heteroatoms. The average molecular weight is 319 g/mol. The van der Waals surface area contributed by atoms with E-state index in [1.54, 1.807) is 24.3 Å². The number of piperazine rings is 1. The highest BCUT2D eigenvalue weighted by Crippen LogP contribution is 2.11. The standard InChI is InChI=1S/C17H25N3O3/c1-3-19-10-12-20(13-11-19)9-8-16(21)18-15-6-4-14(5-7-15)17(22)23-2/h4-7H,3,8-13H2,1-2H3,(H,18,21). The monoisotopic (exact) mass is 319 g/mol. The van der Waals surface area contributed by atoms with E-state index in [1.165, 1.54) is 7.11 Å². The SMILES string of the molecule is CCN1CCN(CCC(=O)Nc2ccc(C(=O)OC)cc2)CC1. The van der Waals surface area contributed by atoms with Crippen LogP contribution in [0.25, 0.3) is 0 Å². The summed E-state index contributed by atoms with van der Waals surface area (Å²) in [6.45, 7) is 8.25. The first-order chi connectivity index (χ1) is 11.1. The van der Waals surface area contributed by atoms with Crippen LogP contribution in [0.1, 0.15) is 23.7 Å². The van der Waals surface area contributed by atoms with Gasteiger partial charge < -0.3 is 19.9 Å². The molecule has 1 saturated heterocycles. The molecule has 1 heterocycles. The highest BCUT2D eigenvalue weighted by molar-refractivity contribution is 5.93. The number of amides is 1. The van der Waals surface area contributed by atoms with Crippen molar-refractivity contribution in [3.63, 3.8) is 0 Å². The number of hydrogen-bond donors (Lipinski definition) is 1. The minimum Gasteiger partial charge on any atom is -0.465 e. The minimum atomic E-state index is -0.380. The number of methoxy groups -OCH3 is 1. The number of nitrogens with zero attached hydrogens (tertiary/aromatic N) is 2. The van der Waals surface area contributed by atoms with E-state index in [2.05, 4.69) is 26.8 Å². The van der Waals surface area contributed by atoms with E-state index in [0.717, 1.165) is 39.3 Å². The maximum absolute atomic E-state index is 12.0. The van der Waals surface area contributed by atoms with E-state index in [-0.39, 0.29) is 11.9 Å². The van der Waals surface area contributed by atoms with Gasteiger partial charge in [0.25, 0.3) is 0 Å². The average Bonchev–Trinajstić information content (AvgIpc) is 2.60. The van der Waals surface area contributed by atoms with E-state index in [9.17, 15) is 9.59 Å². The van der Waals surface area contributed by atoms with Crippen LogP contribution >= 0.6 is 0 Å². The van der Waals surface area contributed by atoms with Crippen molar-refractivity contribution < 1.29 is 14.3 Å². The Bertz CT molecular complexity index is 522. The molecule has 0 atom stereocenters. The third-order valence-corrected chi connectivity index (χ3v) is 4.16. The third kappa shape index (κ3) is 5.33. The topological polar surface area (TPSA) is 61.9 Å². The fourth-order valence-corrected chi connectivity index (χ4v) is 2.62. The Morgan fingerprint density at radius 2 is 1.70 bits per heavy atom. The van der Waals surface area contributed by atoms with Crippen molar-refractivity contribution in [2.45, 2.75) is 13.3 Å². The summed E-state index contributed by atoms with van der Waals surface area (Å²) in [7, 11) is 1.35. The van der Waals surface area contributed by atoms with Crippen LogP contribution < -0.4 is 5.32 Å². The molecule has 1 aliphatic heterocycles. The molecular weight excluding hydrogens is 294 g/mol. The van der Waals surface area contributed by atoms with Gasteiger partial charge in [0.1, 0.15) is 0 Å². The van der Waals surface area contributed by atoms with E-state index >= 15 is 0 Å². The molecule has 2 rings (SSSR count). The van der Waals surface area contributed by atoms with Crippen molar-refractivity contribution in [3.8, 4) is 0 Å². The Kier molecular flexibility index (Phi) is 6.55. The molecule has 23 heavy (non-hydrogen) atoms. The second-order valence-electron chi connectivity index (χ2n) is 5.64. The van der Waals surface area contributed by atoms with Crippen LogP contribution in [0.4, 0.5) is 5.69 Å². The second kappa shape index (κ2) is 8.64. The van der Waals surface area contributed by atoms with Crippen molar-refractivity contribution in [1.29, 1.82) is 0 Å². The molecule has 0 saturated carbocycles. The lowest BCUT2D eigenvalue weighted by atomic mass is 10.2. The van der Waals surface area contributed by atoms with E-state index in [1.807, 2.05) is 0 Å². The molecule has 1 fully saturated rings. The molecule has 0 aromatic heterocycles. The molecule has 0 aliphatic carbocycles. The first-order valence-electron chi connectivity index (χ1n) is 8.05. The zero-order chi connectivity index (χ0) is 16.7. The lowest BCUT2D eigenvalue weighted by Gasteiger charge is -2.33. The third-order valence-electron chi connectivity index (χ3n) is 4.16. The van der Waals surface area contributed by atoms with Gasteiger partial charge in [-0.25, -0.2) is 4.79 Å². The molecule has 1 aromatic rings. The smallest absolute Gasteiger partial charge is 0.337 e. The van der Waals surface area contributed by atoms with Gasteiger partial charge in [0.15, 0.2) is 0 Å². The Hall–Kier alpha value is -1.92. The van der Waals surface area contributed by atoms with Crippen LogP contribution in [0.5, 0.6) is 0 Å². The summed E-state index contributed by atoms with van der Waals surface area (Å²) < 4.78 is 4.64. The number of anilines is 1. The van der Waals surface area contributed by atoms with E-state index in [0.29, 0.717) is 17.7 Å². The lowest BCUT2D eigenvalue weighted by molar-refractivity contribution is -0.116. The number of carbonyl (C=O) groups excluding carboxylic acids is 2. The van der Waals surface area contributed by atoms with Gasteiger partial charge >= 0.3 is 5.97 Å². The highest BCUT2D eigenvalue weighted by Gasteiger charge is 2.16. The summed E-state index contributed by atoms with van der Waals surface area (Å²) in [5.74, 6) is -0.386. The molecule has 1 N–H and O–H groups in total. The molecule has 1 aromatic carbocycles. The van der Waals surface area contributed by atoms with Gasteiger partial charge in [-0.05, 0) is 30.8 Å². The Morgan fingerprint density at radius 1 is 1.09 bits per heavy atom. The van der Waals surface area contributed by atoms with Crippen molar-refractivity contribution in [1.82, 2.24) is 9.80 Å². The number of ether oxygens (including phenoxy) is 1. The predicted octanol–water partition coefficient (Wildman–Crippen LogP) is 1.44. The second-order valence-corrected chi connectivity index (χ2v) is 5.64. The summed E-state index contributed by atoms with van der Waals surface area (Å²) in [4.78, 5) is 28.1. The van der Waals surface area contributed by atoms with Gasteiger partial charge in [0, 0.05) is 44.8 Å². The van der Waals surface area contributed by atoms with Crippen molar-refractivity contribution >= 4 is 17.6 Å². The van der Waals surface area contributed by atoms with Gasteiger partial charge in [0.2, 0.25) is 5.91 Å². The van der Waals surface area contributed by atoms with Crippen LogP contribution in [0, 0.1) is 0 Å². The molecule has 1 amide bonds. The number of esters is 1. The maximum Gasteiger partial charge on any atom is 0.337 e. The Morgan fingerprint density at radius 3 is 2.26 bits per heavy atom. The van der Waals surface area contributed by atoms with Crippen LogP contribution in [0.2, 0.25) is 0 Å². The molecule has 0 radical (unpaired) electrons. The fraction of sp³-hybridized carbons (Fsp3) is 0.529. The van der Waals surface area contributed by atoms with E-state index in [4.69, 9.17) is 0 Å². The predicted molar refractivity (Wildman–Crippen MR) is 89.6 cm³/mol. The van der Waals surface area contributed by atoms with Crippen LogP contribution in [0.15, 0.2) is 24.3 Å². The summed E-state index contributed by atoms with van der Waals surface area (Å²) in [5, 5.41) is 2.86. The number of benzene rings is 1. The fourth-order valence-electron chi connectivity index (χ4n) is 2.62. The molecule has 1 aliphatic rings. The normalized spacial score (nSPS) is 16.1. The first-order valence-corrected chi connectivity index (χ1v) is 8.05. The van der Waals surface area contributed by atoms with Crippen molar-refractivity contribution in [2.75, 3.05) is 51.7 Å². The number of nitrogens with one attached hydrogen (secondary N) is 1. The zero-order valence-electron chi connectivity index (χ0n) is 13.9. The highest BCUT2D eigenvalue weighted by atomic mass is 16.5. The number of carbonyl (C=O) groups is 2. The minimum absolute atomic E-state index is 0.00580. The van der Waals surface area contributed by atoms with E-state index < -0.39 is 0 Å². The van der Waals surface area contributed by atoms with Crippen LogP contribution in [-0.2, 0) is 9.53 Å². The maximum atomic E-state index is 12.0. The van der Waals surface area contributed by atoms with Crippen molar-refractivity contribution in [3.05, 3.63) is 29.8 Å². The number of rotatable bonds is 6. The number of hydrogen-bond acceptors (Lipinski definition) is 5. The van der Waals surface area contributed by atoms with Gasteiger partial charge in [-0.1, -0.05) is 6.92 Å². The molecule has 0 spiro atoms. The Labute approximate surface area is 137 Å². The zero-order valence-corrected chi connectivity index (χ0v) is 13.9. The molecule has 6 nitrogen and oxygen atoms in total. The number of likely N-dealkylation sites (N-methyl/N-ethyl adjacent to an activating group) is 1. The first kappa shape index (κ1) is 17.4.